The summed E-state index contributed by atoms with van der Waals surface area (Å²) in [4.78, 5) is 9.22. The van der Waals surface area contributed by atoms with Crippen molar-refractivity contribution in [2.45, 2.75) is 38.3 Å². The van der Waals surface area contributed by atoms with Gasteiger partial charge in [0, 0.05) is 33.0 Å². The lowest BCUT2D eigenvalue weighted by Crippen LogP contribution is -2.22. The molecular weight excluding hydrogens is 338 g/mol. The van der Waals surface area contributed by atoms with E-state index in [9.17, 15) is 8.42 Å². The van der Waals surface area contributed by atoms with Gasteiger partial charge in [0.25, 0.3) is 0 Å². The summed E-state index contributed by atoms with van der Waals surface area (Å²) in [5.41, 5.74) is 1.65. The van der Waals surface area contributed by atoms with Gasteiger partial charge in [-0.3, -0.25) is 0 Å². The number of hydrogen-bond donors (Lipinski definition) is 0. The zero-order chi connectivity index (χ0) is 18.2. The number of hydrogen-bond acceptors (Lipinski definition) is 4. The Labute approximate surface area is 148 Å². The van der Waals surface area contributed by atoms with Crippen LogP contribution in [0.15, 0.2) is 35.5 Å². The molecule has 8 heteroatoms. The molecule has 0 aliphatic carbocycles. The Hall–Kier alpha value is -2.19. The first-order valence-electron chi connectivity index (χ1n) is 8.24. The van der Waals surface area contributed by atoms with Crippen molar-refractivity contribution in [2.75, 3.05) is 14.1 Å². The first-order valence-corrected chi connectivity index (χ1v) is 9.68. The second kappa shape index (κ2) is 6.61. The molecule has 25 heavy (non-hydrogen) atoms. The lowest BCUT2D eigenvalue weighted by molar-refractivity contribution is 0.521. The number of rotatable bonds is 6. The summed E-state index contributed by atoms with van der Waals surface area (Å²) in [7, 11) is -0.412. The molecule has 0 atom stereocenters. The molecule has 0 saturated heterocycles. The van der Waals surface area contributed by atoms with Crippen molar-refractivity contribution in [3.05, 3.63) is 42.2 Å². The van der Waals surface area contributed by atoms with Crippen LogP contribution in [0.5, 0.6) is 0 Å². The molecule has 0 bridgehead atoms. The summed E-state index contributed by atoms with van der Waals surface area (Å²) in [6.07, 6.45) is 4.66. The van der Waals surface area contributed by atoms with Crippen molar-refractivity contribution >= 4 is 21.1 Å². The van der Waals surface area contributed by atoms with Gasteiger partial charge in [0.2, 0.25) is 10.0 Å². The van der Waals surface area contributed by atoms with E-state index in [4.69, 9.17) is 4.98 Å². The molecule has 0 aliphatic heterocycles. The van der Waals surface area contributed by atoms with Gasteiger partial charge in [-0.05, 0) is 31.5 Å². The highest BCUT2D eigenvalue weighted by Crippen LogP contribution is 2.23. The highest BCUT2D eigenvalue weighted by Gasteiger charge is 2.19. The molecule has 0 radical (unpaired) electrons. The van der Waals surface area contributed by atoms with Crippen molar-refractivity contribution in [2.24, 2.45) is 0 Å². The van der Waals surface area contributed by atoms with E-state index in [1.807, 2.05) is 23.8 Å². The van der Waals surface area contributed by atoms with Gasteiger partial charge in [-0.2, -0.15) is 0 Å². The first kappa shape index (κ1) is 17.6. The molecule has 3 aromatic rings. The van der Waals surface area contributed by atoms with E-state index in [0.29, 0.717) is 12.1 Å². The molecule has 0 fully saturated rings. The van der Waals surface area contributed by atoms with E-state index >= 15 is 0 Å². The molecule has 0 N–H and O–H groups in total. The molecule has 3 rings (SSSR count). The van der Waals surface area contributed by atoms with Crippen molar-refractivity contribution < 1.29 is 8.42 Å². The largest absolute Gasteiger partial charge is 0.328 e. The molecule has 1 aromatic carbocycles. The van der Waals surface area contributed by atoms with Crippen LogP contribution in [0.1, 0.15) is 25.0 Å². The molecule has 2 aromatic heterocycles. The quantitative estimate of drug-likeness (QED) is 0.675. The lowest BCUT2D eigenvalue weighted by Gasteiger charge is -2.11. The van der Waals surface area contributed by atoms with Gasteiger partial charge in [-0.1, -0.05) is 6.92 Å². The van der Waals surface area contributed by atoms with Gasteiger partial charge in [0.15, 0.2) is 0 Å². The Kier molecular flexibility index (Phi) is 4.66. The molecular formula is C17H23N5O2S. The van der Waals surface area contributed by atoms with Gasteiger partial charge >= 0.3 is 0 Å². The minimum Gasteiger partial charge on any atom is -0.328 e. The van der Waals surface area contributed by atoms with Crippen molar-refractivity contribution in [1.29, 1.82) is 0 Å². The standard InChI is InChI=1S/C17H23N5O2S/c1-5-9-22-16-7-6-14(25(23,24)20(3)4)11-15(16)19-17(22)12-21-10-8-18-13(21)2/h6-8,10-11H,5,9,12H2,1-4H3. The Morgan fingerprint density at radius 1 is 1.24 bits per heavy atom. The second-order valence-electron chi connectivity index (χ2n) is 6.22. The maximum atomic E-state index is 12.4. The summed E-state index contributed by atoms with van der Waals surface area (Å²) in [5, 5.41) is 0. The third kappa shape index (κ3) is 3.19. The molecule has 2 heterocycles. The molecule has 0 saturated carbocycles. The summed E-state index contributed by atoms with van der Waals surface area (Å²) in [6.45, 7) is 5.51. The zero-order valence-electron chi connectivity index (χ0n) is 15.0. The van der Waals surface area contributed by atoms with E-state index in [1.54, 1.807) is 18.3 Å². The number of fused-ring (bicyclic) bond motifs is 1. The zero-order valence-corrected chi connectivity index (χ0v) is 15.8. The average Bonchev–Trinajstić information content (AvgIpc) is 3.12. The molecule has 0 amide bonds. The van der Waals surface area contributed by atoms with Crippen molar-refractivity contribution in [3.8, 4) is 0 Å². The van der Waals surface area contributed by atoms with Gasteiger partial charge in [-0.25, -0.2) is 22.7 Å². The molecule has 0 unspecified atom stereocenters. The monoisotopic (exact) mass is 361 g/mol. The topological polar surface area (TPSA) is 73.0 Å². The number of sulfonamides is 1. The SMILES string of the molecule is CCCn1c(Cn2ccnc2C)nc2cc(S(=O)(=O)N(C)C)ccc21. The van der Waals surface area contributed by atoms with Crippen molar-refractivity contribution in [1.82, 2.24) is 23.4 Å². The maximum Gasteiger partial charge on any atom is 0.242 e. The van der Waals surface area contributed by atoms with Gasteiger partial charge in [-0.15, -0.1) is 0 Å². The van der Waals surface area contributed by atoms with Crippen LogP contribution in [-0.4, -0.2) is 45.9 Å². The van der Waals surface area contributed by atoms with Gasteiger partial charge in [0.05, 0.1) is 22.5 Å². The highest BCUT2D eigenvalue weighted by atomic mass is 32.2. The number of imidazole rings is 2. The van der Waals surface area contributed by atoms with Crippen LogP contribution in [-0.2, 0) is 23.1 Å². The Balaban J connectivity index is 2.11. The van der Waals surface area contributed by atoms with Crippen molar-refractivity contribution in [3.63, 3.8) is 0 Å². The van der Waals surface area contributed by atoms with Crippen LogP contribution >= 0.6 is 0 Å². The molecule has 0 aliphatic rings. The van der Waals surface area contributed by atoms with E-state index in [-0.39, 0.29) is 4.90 Å². The van der Waals surface area contributed by atoms with Gasteiger partial charge in [0.1, 0.15) is 11.6 Å². The van der Waals surface area contributed by atoms with Crippen LogP contribution in [0.2, 0.25) is 0 Å². The number of aromatic nitrogens is 4. The fourth-order valence-corrected chi connectivity index (χ4v) is 3.77. The fourth-order valence-electron chi connectivity index (χ4n) is 2.85. The smallest absolute Gasteiger partial charge is 0.242 e. The lowest BCUT2D eigenvalue weighted by atomic mass is 10.3. The summed E-state index contributed by atoms with van der Waals surface area (Å²) in [6, 6.07) is 5.15. The van der Waals surface area contributed by atoms with Gasteiger partial charge < -0.3 is 9.13 Å². The third-order valence-corrected chi connectivity index (χ3v) is 6.07. The summed E-state index contributed by atoms with van der Waals surface area (Å²) in [5.74, 6) is 1.82. The normalized spacial score (nSPS) is 12.4. The van der Waals surface area contributed by atoms with Crippen LogP contribution in [0.3, 0.4) is 0 Å². The molecule has 7 nitrogen and oxygen atoms in total. The number of nitrogens with zero attached hydrogens (tertiary/aromatic N) is 5. The van der Waals surface area contributed by atoms with Crippen LogP contribution in [0.25, 0.3) is 11.0 Å². The highest BCUT2D eigenvalue weighted by molar-refractivity contribution is 7.89. The fraction of sp³-hybridized carbons (Fsp3) is 0.412. The van der Waals surface area contributed by atoms with E-state index in [2.05, 4.69) is 16.5 Å². The summed E-state index contributed by atoms with van der Waals surface area (Å²) < 4.78 is 30.1. The minimum atomic E-state index is -3.47. The Morgan fingerprint density at radius 2 is 2.00 bits per heavy atom. The second-order valence-corrected chi connectivity index (χ2v) is 8.37. The Morgan fingerprint density at radius 3 is 2.60 bits per heavy atom. The number of aryl methyl sites for hydroxylation is 2. The van der Waals surface area contributed by atoms with Crippen LogP contribution < -0.4 is 0 Å². The van der Waals surface area contributed by atoms with E-state index in [0.717, 1.165) is 30.1 Å². The molecule has 0 spiro atoms. The first-order chi connectivity index (χ1) is 11.8. The van der Waals surface area contributed by atoms with Crippen LogP contribution in [0, 0.1) is 6.92 Å². The molecule has 134 valence electrons. The maximum absolute atomic E-state index is 12.4. The van der Waals surface area contributed by atoms with E-state index in [1.165, 1.54) is 18.4 Å². The average molecular weight is 361 g/mol. The predicted molar refractivity (Wildman–Crippen MR) is 97.0 cm³/mol. The van der Waals surface area contributed by atoms with E-state index < -0.39 is 10.0 Å². The summed E-state index contributed by atoms with van der Waals surface area (Å²) >= 11 is 0. The third-order valence-electron chi connectivity index (χ3n) is 4.26. The van der Waals surface area contributed by atoms with Crippen LogP contribution in [0.4, 0.5) is 0 Å². The predicted octanol–water partition coefficient (Wildman–Crippen LogP) is 2.25. The number of benzene rings is 1. The Bertz CT molecular complexity index is 1000. The minimum absolute atomic E-state index is 0.261.